The van der Waals surface area contributed by atoms with Crippen LogP contribution in [0.3, 0.4) is 0 Å². The van der Waals surface area contributed by atoms with Gasteiger partial charge in [-0.3, -0.25) is 4.79 Å². The van der Waals surface area contributed by atoms with Gasteiger partial charge in [-0.25, -0.2) is 13.8 Å². The highest BCUT2D eigenvalue weighted by atomic mass is 19.1. The molecule has 3 rings (SSSR count). The molecule has 0 aliphatic heterocycles. The predicted octanol–water partition coefficient (Wildman–Crippen LogP) is 4.44. The third-order valence-electron chi connectivity index (χ3n) is 4.84. The molecule has 0 saturated carbocycles. The number of ether oxygens (including phenoxy) is 2. The summed E-state index contributed by atoms with van der Waals surface area (Å²) in [6.07, 6.45) is 1.51. The molecule has 0 aliphatic carbocycles. The minimum absolute atomic E-state index is 0.188. The highest BCUT2D eigenvalue weighted by Gasteiger charge is 2.23. The van der Waals surface area contributed by atoms with Crippen LogP contribution in [0, 0.1) is 11.6 Å². The maximum absolute atomic E-state index is 14.8. The second kappa shape index (κ2) is 9.73. The summed E-state index contributed by atoms with van der Waals surface area (Å²) in [6.45, 7) is 5.04. The SMILES string of the molecule is CCOc1nccc2c(C(=O)c3c(F)cc([C@H](C)NCCOC)cc3F)cccc12. The molecule has 3 aromatic rings. The third-order valence-corrected chi connectivity index (χ3v) is 4.84. The fraction of sp³-hybridized carbons (Fsp3) is 0.304. The molecule has 0 amide bonds. The molecule has 2 aromatic carbocycles. The molecule has 7 heteroatoms. The Bertz CT molecular complexity index is 1030. The minimum atomic E-state index is -0.897. The number of carbonyl (C=O) groups is 1. The standard InChI is InChI=1S/C23H24F2N2O3/c1-4-30-23-18-7-5-6-17(16(18)8-9-27-23)22(28)21-19(24)12-15(13-20(21)25)14(2)26-10-11-29-3/h5-9,12-14,26H,4,10-11H2,1-3H3/t14-/m0/s1. The third kappa shape index (κ3) is 4.47. The number of pyridine rings is 1. The van der Waals surface area contributed by atoms with Crippen molar-refractivity contribution < 1.29 is 23.0 Å². The lowest BCUT2D eigenvalue weighted by Gasteiger charge is -2.16. The Labute approximate surface area is 174 Å². The summed E-state index contributed by atoms with van der Waals surface area (Å²) in [5.41, 5.74) is 0.0242. The number of benzene rings is 2. The monoisotopic (exact) mass is 414 g/mol. The number of hydrogen-bond acceptors (Lipinski definition) is 5. The first-order valence-electron chi connectivity index (χ1n) is 9.74. The first-order valence-corrected chi connectivity index (χ1v) is 9.74. The van der Waals surface area contributed by atoms with Gasteiger partial charge >= 0.3 is 0 Å². The molecule has 0 saturated heterocycles. The summed E-state index contributed by atoms with van der Waals surface area (Å²) in [4.78, 5) is 17.3. The molecule has 1 heterocycles. The number of fused-ring (bicyclic) bond motifs is 1. The fourth-order valence-electron chi connectivity index (χ4n) is 3.32. The lowest BCUT2D eigenvalue weighted by molar-refractivity contribution is 0.103. The molecule has 158 valence electrons. The molecule has 0 bridgehead atoms. The zero-order valence-corrected chi connectivity index (χ0v) is 17.2. The molecule has 0 fully saturated rings. The smallest absolute Gasteiger partial charge is 0.221 e. The molecular weight excluding hydrogens is 390 g/mol. The van der Waals surface area contributed by atoms with E-state index in [2.05, 4.69) is 10.3 Å². The van der Waals surface area contributed by atoms with Crippen molar-refractivity contribution >= 4 is 16.6 Å². The lowest BCUT2D eigenvalue weighted by atomic mass is 9.95. The summed E-state index contributed by atoms with van der Waals surface area (Å²) in [5.74, 6) is -2.15. The molecular formula is C23H24F2N2O3. The summed E-state index contributed by atoms with van der Waals surface area (Å²) < 4.78 is 40.2. The summed E-state index contributed by atoms with van der Waals surface area (Å²) in [6, 6.07) is 8.67. The number of carbonyl (C=O) groups excluding carboxylic acids is 1. The zero-order chi connectivity index (χ0) is 21.7. The van der Waals surface area contributed by atoms with Gasteiger partial charge in [0.2, 0.25) is 5.88 Å². The van der Waals surface area contributed by atoms with E-state index in [4.69, 9.17) is 9.47 Å². The van der Waals surface area contributed by atoms with Gasteiger partial charge < -0.3 is 14.8 Å². The van der Waals surface area contributed by atoms with Crippen LogP contribution in [0.15, 0.2) is 42.6 Å². The number of halogens is 2. The van der Waals surface area contributed by atoms with E-state index in [9.17, 15) is 13.6 Å². The van der Waals surface area contributed by atoms with Crippen molar-refractivity contribution in [3.8, 4) is 5.88 Å². The zero-order valence-electron chi connectivity index (χ0n) is 17.2. The normalized spacial score (nSPS) is 12.2. The maximum atomic E-state index is 14.8. The lowest BCUT2D eigenvalue weighted by Crippen LogP contribution is -2.23. The molecule has 0 radical (unpaired) electrons. The topological polar surface area (TPSA) is 60.5 Å². The van der Waals surface area contributed by atoms with Crippen LogP contribution in [0.4, 0.5) is 8.78 Å². The predicted molar refractivity (Wildman–Crippen MR) is 111 cm³/mol. The van der Waals surface area contributed by atoms with Crippen LogP contribution in [0.5, 0.6) is 5.88 Å². The number of rotatable bonds is 9. The van der Waals surface area contributed by atoms with Gasteiger partial charge in [0.1, 0.15) is 11.6 Å². The number of ketones is 1. The van der Waals surface area contributed by atoms with Crippen molar-refractivity contribution in [1.82, 2.24) is 10.3 Å². The summed E-state index contributed by atoms with van der Waals surface area (Å²) in [5, 5.41) is 4.25. The Morgan fingerprint density at radius 3 is 2.57 bits per heavy atom. The summed E-state index contributed by atoms with van der Waals surface area (Å²) >= 11 is 0. The van der Waals surface area contributed by atoms with Gasteiger partial charge in [0.15, 0.2) is 5.78 Å². The molecule has 1 N–H and O–H groups in total. The quantitative estimate of drug-likeness (QED) is 0.414. The van der Waals surface area contributed by atoms with Crippen LogP contribution >= 0.6 is 0 Å². The van der Waals surface area contributed by atoms with Gasteiger partial charge in [0.25, 0.3) is 0 Å². The largest absolute Gasteiger partial charge is 0.478 e. The van der Waals surface area contributed by atoms with E-state index in [0.717, 1.165) is 0 Å². The average molecular weight is 414 g/mol. The van der Waals surface area contributed by atoms with Gasteiger partial charge in [-0.1, -0.05) is 12.1 Å². The Morgan fingerprint density at radius 2 is 1.90 bits per heavy atom. The summed E-state index contributed by atoms with van der Waals surface area (Å²) in [7, 11) is 1.58. The maximum Gasteiger partial charge on any atom is 0.221 e. The first-order chi connectivity index (χ1) is 14.5. The van der Waals surface area contributed by atoms with Crippen molar-refractivity contribution in [2.75, 3.05) is 26.9 Å². The second-order valence-electron chi connectivity index (χ2n) is 6.81. The highest BCUT2D eigenvalue weighted by molar-refractivity contribution is 6.17. The van der Waals surface area contributed by atoms with Crippen LogP contribution in [-0.2, 0) is 4.74 Å². The second-order valence-corrected chi connectivity index (χ2v) is 6.81. The Balaban J connectivity index is 1.99. The average Bonchev–Trinajstić information content (AvgIpc) is 2.73. The number of hydrogen-bond donors (Lipinski definition) is 1. The van der Waals surface area contributed by atoms with Gasteiger partial charge in [0.05, 0.1) is 18.8 Å². The highest BCUT2D eigenvalue weighted by Crippen LogP contribution is 2.29. The van der Waals surface area contributed by atoms with E-state index >= 15 is 0 Å². The number of methoxy groups -OCH3 is 1. The Kier molecular flexibility index (Phi) is 7.07. The molecule has 0 spiro atoms. The van der Waals surface area contributed by atoms with Crippen molar-refractivity contribution in [2.24, 2.45) is 0 Å². The van der Waals surface area contributed by atoms with Crippen molar-refractivity contribution in [3.63, 3.8) is 0 Å². The van der Waals surface area contributed by atoms with Gasteiger partial charge in [-0.05, 0) is 49.1 Å². The van der Waals surface area contributed by atoms with Crippen LogP contribution in [0.1, 0.15) is 41.4 Å². The van der Waals surface area contributed by atoms with E-state index in [-0.39, 0.29) is 11.6 Å². The molecule has 30 heavy (non-hydrogen) atoms. The molecule has 0 aliphatic rings. The van der Waals surface area contributed by atoms with Gasteiger partial charge in [-0.15, -0.1) is 0 Å². The molecule has 1 atom stereocenters. The van der Waals surface area contributed by atoms with Crippen LogP contribution in [0.25, 0.3) is 10.8 Å². The van der Waals surface area contributed by atoms with Gasteiger partial charge in [-0.2, -0.15) is 0 Å². The molecule has 5 nitrogen and oxygen atoms in total. The molecule has 0 unspecified atom stereocenters. The van der Waals surface area contributed by atoms with Crippen molar-refractivity contribution in [3.05, 3.63) is 70.9 Å². The van der Waals surface area contributed by atoms with Crippen LogP contribution in [-0.4, -0.2) is 37.6 Å². The van der Waals surface area contributed by atoms with E-state index in [1.165, 1.54) is 18.3 Å². The van der Waals surface area contributed by atoms with E-state index in [1.807, 2.05) is 6.92 Å². The van der Waals surface area contributed by atoms with Crippen LogP contribution < -0.4 is 10.1 Å². The van der Waals surface area contributed by atoms with Gasteiger partial charge in [0, 0.05) is 36.8 Å². The fourth-order valence-corrected chi connectivity index (χ4v) is 3.32. The Morgan fingerprint density at radius 1 is 1.17 bits per heavy atom. The van der Waals surface area contributed by atoms with Crippen LogP contribution in [0.2, 0.25) is 0 Å². The minimum Gasteiger partial charge on any atom is -0.478 e. The van der Waals surface area contributed by atoms with Crippen molar-refractivity contribution in [1.29, 1.82) is 0 Å². The van der Waals surface area contributed by atoms with E-state index in [1.54, 1.807) is 38.3 Å². The number of nitrogens with one attached hydrogen (secondary N) is 1. The number of nitrogens with zero attached hydrogens (tertiary/aromatic N) is 1. The van der Waals surface area contributed by atoms with E-state index in [0.29, 0.717) is 42.0 Å². The first kappa shape index (κ1) is 21.8. The van der Waals surface area contributed by atoms with Crippen molar-refractivity contribution in [2.45, 2.75) is 19.9 Å². The Hall–Kier alpha value is -2.90. The molecule has 1 aromatic heterocycles. The number of aromatic nitrogens is 1. The van der Waals surface area contributed by atoms with E-state index < -0.39 is 23.0 Å².